The number of hydrogen-bond acceptors (Lipinski definition) is 4. The van der Waals surface area contributed by atoms with E-state index >= 15 is 0 Å². The Bertz CT molecular complexity index is 565. The normalized spacial score (nSPS) is 13.7. The van der Waals surface area contributed by atoms with Crippen LogP contribution in [0.1, 0.15) is 34.1 Å². The molecular weight excluding hydrogens is 373 g/mol. The van der Waals surface area contributed by atoms with E-state index in [-0.39, 0.29) is 6.04 Å². The van der Waals surface area contributed by atoms with Crippen molar-refractivity contribution >= 4 is 38.6 Å². The van der Waals surface area contributed by atoms with E-state index in [1.54, 1.807) is 0 Å². The number of hydrogen-bond donors (Lipinski definition) is 1. The van der Waals surface area contributed by atoms with Gasteiger partial charge in [-0.25, -0.2) is 4.98 Å². The molecule has 110 valence electrons. The van der Waals surface area contributed by atoms with E-state index in [0.29, 0.717) is 16.2 Å². The molecule has 0 aliphatic carbocycles. The van der Waals surface area contributed by atoms with Crippen molar-refractivity contribution in [2.75, 3.05) is 6.54 Å². The van der Waals surface area contributed by atoms with Crippen LogP contribution in [0.3, 0.4) is 0 Å². The highest BCUT2D eigenvalue weighted by Gasteiger charge is 2.35. The summed E-state index contributed by atoms with van der Waals surface area (Å²) < 4.78 is 38.9. The summed E-state index contributed by atoms with van der Waals surface area (Å²) >= 11 is 5.57. The van der Waals surface area contributed by atoms with Gasteiger partial charge in [0, 0.05) is 25.8 Å². The van der Waals surface area contributed by atoms with Crippen LogP contribution in [-0.4, -0.2) is 11.5 Å². The average Bonchev–Trinajstić information content (AvgIpc) is 2.99. The summed E-state index contributed by atoms with van der Waals surface area (Å²) in [7, 11) is 0. The number of aromatic nitrogens is 1. The number of nitrogens with one attached hydrogen (secondary N) is 1. The third-order valence-electron chi connectivity index (χ3n) is 2.52. The zero-order valence-electron chi connectivity index (χ0n) is 10.5. The molecule has 0 saturated carbocycles. The summed E-state index contributed by atoms with van der Waals surface area (Å²) in [6.45, 7) is 2.75. The van der Waals surface area contributed by atoms with Gasteiger partial charge in [-0.05, 0) is 35.0 Å². The smallest absolute Gasteiger partial charge is 0.305 e. The third kappa shape index (κ3) is 3.81. The molecule has 0 fully saturated rings. The van der Waals surface area contributed by atoms with Crippen molar-refractivity contribution in [2.24, 2.45) is 0 Å². The highest BCUT2D eigenvalue weighted by molar-refractivity contribution is 9.10. The molecule has 1 N–H and O–H groups in total. The van der Waals surface area contributed by atoms with Crippen LogP contribution in [0.4, 0.5) is 13.2 Å². The Labute approximate surface area is 131 Å². The van der Waals surface area contributed by atoms with Crippen LogP contribution in [-0.2, 0) is 6.18 Å². The maximum Gasteiger partial charge on any atom is 0.443 e. The minimum atomic E-state index is -4.38. The van der Waals surface area contributed by atoms with E-state index in [2.05, 4.69) is 26.2 Å². The van der Waals surface area contributed by atoms with E-state index in [9.17, 15) is 13.2 Å². The first kappa shape index (κ1) is 15.9. The van der Waals surface area contributed by atoms with Gasteiger partial charge in [-0.3, -0.25) is 0 Å². The molecule has 2 rings (SSSR count). The highest BCUT2D eigenvalue weighted by Crippen LogP contribution is 2.37. The Morgan fingerprint density at radius 1 is 1.40 bits per heavy atom. The fourth-order valence-electron chi connectivity index (χ4n) is 1.66. The Morgan fingerprint density at radius 3 is 2.65 bits per heavy atom. The van der Waals surface area contributed by atoms with Crippen molar-refractivity contribution < 1.29 is 13.2 Å². The van der Waals surface area contributed by atoms with Crippen molar-refractivity contribution in [1.29, 1.82) is 0 Å². The highest BCUT2D eigenvalue weighted by atomic mass is 79.9. The second-order valence-electron chi connectivity index (χ2n) is 4.12. The van der Waals surface area contributed by atoms with Gasteiger partial charge in [-0.2, -0.15) is 13.2 Å². The Balaban J connectivity index is 2.29. The Kier molecular flexibility index (Phi) is 5.22. The van der Waals surface area contributed by atoms with E-state index in [4.69, 9.17) is 0 Å². The first-order valence-corrected chi connectivity index (χ1v) is 8.41. The maximum atomic E-state index is 12.6. The van der Waals surface area contributed by atoms with Crippen LogP contribution in [0.15, 0.2) is 22.1 Å². The van der Waals surface area contributed by atoms with Crippen LogP contribution in [0, 0.1) is 0 Å². The van der Waals surface area contributed by atoms with E-state index in [0.717, 1.165) is 22.3 Å². The monoisotopic (exact) mass is 384 g/mol. The molecule has 0 saturated heterocycles. The van der Waals surface area contributed by atoms with Gasteiger partial charge in [0.2, 0.25) is 0 Å². The molecule has 0 spiro atoms. The lowest BCUT2D eigenvalue weighted by molar-refractivity contribution is -0.137. The number of alkyl halides is 3. The predicted molar refractivity (Wildman–Crippen MR) is 79.3 cm³/mol. The van der Waals surface area contributed by atoms with Gasteiger partial charge in [-0.1, -0.05) is 6.92 Å². The summed E-state index contributed by atoms with van der Waals surface area (Å²) in [6, 6.07) is 1.69. The first-order chi connectivity index (χ1) is 9.41. The summed E-state index contributed by atoms with van der Waals surface area (Å²) in [4.78, 5) is 5.05. The zero-order valence-corrected chi connectivity index (χ0v) is 13.7. The molecule has 2 aromatic rings. The minimum Gasteiger partial charge on any atom is -0.305 e. The second kappa shape index (κ2) is 6.55. The van der Waals surface area contributed by atoms with Crippen LogP contribution >= 0.6 is 38.6 Å². The van der Waals surface area contributed by atoms with Crippen LogP contribution in [0.2, 0.25) is 0 Å². The molecule has 2 aromatic heterocycles. The molecule has 0 amide bonds. The lowest BCUT2D eigenvalue weighted by Crippen LogP contribution is -2.21. The number of rotatable bonds is 5. The predicted octanol–water partition coefficient (Wildman–Crippen LogP) is 5.07. The largest absolute Gasteiger partial charge is 0.443 e. The lowest BCUT2D eigenvalue weighted by atomic mass is 10.2. The van der Waals surface area contributed by atoms with Crippen molar-refractivity contribution in [3.63, 3.8) is 0 Å². The number of thiazole rings is 1. The Hall–Kier alpha value is -0.440. The van der Waals surface area contributed by atoms with Crippen molar-refractivity contribution in [2.45, 2.75) is 25.6 Å². The molecular formula is C12H12BrF3N2S2. The molecule has 0 aliphatic heterocycles. The van der Waals surface area contributed by atoms with Crippen LogP contribution < -0.4 is 5.32 Å². The molecule has 8 heteroatoms. The average molecular weight is 385 g/mol. The fraction of sp³-hybridized carbons (Fsp3) is 0.417. The van der Waals surface area contributed by atoms with Gasteiger partial charge >= 0.3 is 6.18 Å². The van der Waals surface area contributed by atoms with Crippen LogP contribution in [0.25, 0.3) is 0 Å². The van der Waals surface area contributed by atoms with Gasteiger partial charge in [-0.15, -0.1) is 22.7 Å². The minimum absolute atomic E-state index is 0.236. The molecule has 2 heterocycles. The fourth-order valence-corrected chi connectivity index (χ4v) is 4.15. The lowest BCUT2D eigenvalue weighted by Gasteiger charge is -2.14. The second-order valence-corrected chi connectivity index (χ2v) is 7.04. The van der Waals surface area contributed by atoms with Gasteiger partial charge in [0.25, 0.3) is 0 Å². The summed E-state index contributed by atoms with van der Waals surface area (Å²) in [5.74, 6) is 0. The topological polar surface area (TPSA) is 24.9 Å². The molecule has 20 heavy (non-hydrogen) atoms. The number of thiophene rings is 1. The van der Waals surface area contributed by atoms with Crippen molar-refractivity contribution in [3.8, 4) is 0 Å². The van der Waals surface area contributed by atoms with E-state index in [1.807, 2.05) is 18.4 Å². The van der Waals surface area contributed by atoms with Gasteiger partial charge in [0.15, 0.2) is 5.01 Å². The van der Waals surface area contributed by atoms with Crippen LogP contribution in [0.5, 0.6) is 0 Å². The maximum absolute atomic E-state index is 12.6. The molecule has 0 bridgehead atoms. The molecule has 1 atom stereocenters. The Morgan fingerprint density at radius 2 is 2.15 bits per heavy atom. The molecule has 0 radical (unpaired) electrons. The van der Waals surface area contributed by atoms with Gasteiger partial charge in [0.05, 0.1) is 6.04 Å². The van der Waals surface area contributed by atoms with Crippen molar-refractivity contribution in [3.05, 3.63) is 36.9 Å². The number of nitrogens with zero attached hydrogens (tertiary/aromatic N) is 1. The molecule has 2 nitrogen and oxygen atoms in total. The SMILES string of the molecule is CCCNC(c1cc(Br)cs1)c1cnc(C(F)(F)F)s1. The van der Waals surface area contributed by atoms with Crippen molar-refractivity contribution in [1.82, 2.24) is 10.3 Å². The quantitative estimate of drug-likeness (QED) is 0.777. The molecule has 1 unspecified atom stereocenters. The number of halogens is 4. The van der Waals surface area contributed by atoms with Gasteiger partial charge < -0.3 is 5.32 Å². The van der Waals surface area contributed by atoms with E-state index in [1.165, 1.54) is 17.5 Å². The standard InChI is InChI=1S/C12H12BrF3N2S2/c1-2-3-17-10(8-4-7(13)6-19-8)9-5-18-11(20-9)12(14,15)16/h4-6,10,17H,2-3H2,1H3. The van der Waals surface area contributed by atoms with Gasteiger partial charge in [0.1, 0.15) is 0 Å². The summed E-state index contributed by atoms with van der Waals surface area (Å²) in [6.07, 6.45) is -2.16. The summed E-state index contributed by atoms with van der Waals surface area (Å²) in [5, 5.41) is 4.39. The van der Waals surface area contributed by atoms with E-state index < -0.39 is 11.2 Å². The first-order valence-electron chi connectivity index (χ1n) is 5.92. The zero-order chi connectivity index (χ0) is 14.8. The molecule has 0 aromatic carbocycles. The third-order valence-corrected chi connectivity index (χ3v) is 5.39. The summed E-state index contributed by atoms with van der Waals surface area (Å²) in [5.41, 5.74) is 0. The molecule has 0 aliphatic rings.